The molecule has 0 atom stereocenters. The van der Waals surface area contributed by atoms with Crippen LogP contribution in [0.2, 0.25) is 0 Å². The highest BCUT2D eigenvalue weighted by molar-refractivity contribution is 5.73. The van der Waals surface area contributed by atoms with Crippen molar-refractivity contribution in [3.8, 4) is 0 Å². The smallest absolute Gasteiger partial charge is 0.330 e. The van der Waals surface area contributed by atoms with Crippen molar-refractivity contribution in [2.75, 3.05) is 32.2 Å². The highest BCUT2D eigenvalue weighted by Crippen LogP contribution is 2.13. The van der Waals surface area contributed by atoms with Crippen LogP contribution in [-0.4, -0.2) is 51.1 Å². The summed E-state index contributed by atoms with van der Waals surface area (Å²) >= 11 is 0. The molecule has 0 aliphatic rings. The third-order valence-electron chi connectivity index (χ3n) is 3.14. The highest BCUT2D eigenvalue weighted by atomic mass is 16.5. The number of nitrogens with zero attached hydrogens (tertiary/aromatic N) is 3. The molecule has 116 valence electrons. The van der Waals surface area contributed by atoms with Gasteiger partial charge < -0.3 is 19.7 Å². The Morgan fingerprint density at radius 2 is 2.19 bits per heavy atom. The van der Waals surface area contributed by atoms with E-state index in [0.717, 1.165) is 0 Å². The lowest BCUT2D eigenvalue weighted by molar-refractivity contribution is 0.190. The van der Waals surface area contributed by atoms with Gasteiger partial charge in [0.1, 0.15) is 0 Å². The largest absolute Gasteiger partial charge is 0.395 e. The first-order valence-corrected chi connectivity index (χ1v) is 6.63. The fourth-order valence-electron chi connectivity index (χ4n) is 2.15. The van der Waals surface area contributed by atoms with Crippen molar-refractivity contribution in [2.24, 2.45) is 7.05 Å². The molecule has 0 bridgehead atoms. The molecule has 2 aromatic rings. The average Bonchev–Trinajstić information content (AvgIpc) is 2.77. The Labute approximate surface area is 120 Å². The summed E-state index contributed by atoms with van der Waals surface area (Å²) in [5.41, 5.74) is -0.337. The van der Waals surface area contributed by atoms with Crippen LogP contribution in [0.4, 0.5) is 5.95 Å². The lowest BCUT2D eigenvalue weighted by Gasteiger charge is -2.05. The van der Waals surface area contributed by atoms with Crippen LogP contribution in [0.5, 0.6) is 0 Å². The number of hydrogen-bond acceptors (Lipinski definition) is 6. The van der Waals surface area contributed by atoms with Gasteiger partial charge in [0.15, 0.2) is 11.2 Å². The summed E-state index contributed by atoms with van der Waals surface area (Å²) < 4.78 is 7.95. The van der Waals surface area contributed by atoms with Crippen molar-refractivity contribution < 1.29 is 9.84 Å². The quantitative estimate of drug-likeness (QED) is 0.557. The minimum absolute atomic E-state index is 0.0554. The molecular weight excluding hydrogens is 278 g/mol. The van der Waals surface area contributed by atoms with E-state index in [0.29, 0.717) is 43.2 Å². The van der Waals surface area contributed by atoms with Crippen LogP contribution in [0.15, 0.2) is 9.59 Å². The predicted octanol–water partition coefficient (Wildman–Crippen LogP) is -1.14. The molecule has 9 heteroatoms. The summed E-state index contributed by atoms with van der Waals surface area (Å²) in [4.78, 5) is 30.5. The summed E-state index contributed by atoms with van der Waals surface area (Å²) in [7, 11) is 3.26. The summed E-state index contributed by atoms with van der Waals surface area (Å²) in [6.07, 6.45) is 0.632. The number of nitrogens with one attached hydrogen (secondary N) is 2. The van der Waals surface area contributed by atoms with Gasteiger partial charge in [-0.25, -0.2) is 4.79 Å². The van der Waals surface area contributed by atoms with E-state index in [2.05, 4.69) is 15.3 Å². The van der Waals surface area contributed by atoms with Gasteiger partial charge in [-0.2, -0.15) is 4.98 Å². The fourth-order valence-corrected chi connectivity index (χ4v) is 2.15. The van der Waals surface area contributed by atoms with Crippen molar-refractivity contribution in [2.45, 2.75) is 13.0 Å². The molecule has 0 aromatic carbocycles. The number of ether oxygens (including phenoxy) is 1. The number of rotatable bonds is 7. The highest BCUT2D eigenvalue weighted by Gasteiger charge is 2.15. The predicted molar refractivity (Wildman–Crippen MR) is 77.7 cm³/mol. The van der Waals surface area contributed by atoms with E-state index >= 15 is 0 Å². The van der Waals surface area contributed by atoms with E-state index < -0.39 is 11.2 Å². The molecule has 0 saturated heterocycles. The Bertz CT molecular complexity index is 730. The molecule has 0 spiro atoms. The van der Waals surface area contributed by atoms with Crippen molar-refractivity contribution in [1.82, 2.24) is 19.1 Å². The molecule has 0 aliphatic heterocycles. The normalized spacial score (nSPS) is 11.2. The van der Waals surface area contributed by atoms with Crippen molar-refractivity contribution in [1.29, 1.82) is 0 Å². The standard InChI is InChI=1S/C12H19N5O4/c1-16-8-9(14-11(16)13-4-6-18)17(5-3-7-21-2)12(20)15-10(8)19/h18H,3-7H2,1-2H3,(H,13,14)(H,15,19,20). The Kier molecular flexibility index (Phi) is 4.76. The van der Waals surface area contributed by atoms with E-state index in [-0.39, 0.29) is 6.61 Å². The van der Waals surface area contributed by atoms with Crippen molar-refractivity contribution >= 4 is 17.1 Å². The number of aryl methyl sites for hydroxylation is 2. The number of aromatic amines is 1. The molecule has 0 fully saturated rings. The number of hydrogen-bond donors (Lipinski definition) is 3. The van der Waals surface area contributed by atoms with Crippen molar-refractivity contribution in [3.05, 3.63) is 20.8 Å². The number of imidazole rings is 1. The van der Waals surface area contributed by atoms with Gasteiger partial charge in [0, 0.05) is 33.9 Å². The first-order valence-electron chi connectivity index (χ1n) is 6.63. The van der Waals surface area contributed by atoms with Gasteiger partial charge in [-0.3, -0.25) is 14.3 Å². The fraction of sp³-hybridized carbons (Fsp3) is 0.583. The zero-order valence-corrected chi connectivity index (χ0v) is 12.0. The maximum atomic E-state index is 12.0. The van der Waals surface area contributed by atoms with Crippen LogP contribution in [0.1, 0.15) is 6.42 Å². The molecular formula is C12H19N5O4. The Hall–Kier alpha value is -2.13. The molecule has 9 nitrogen and oxygen atoms in total. The number of aromatic nitrogens is 4. The molecule has 2 rings (SSSR count). The van der Waals surface area contributed by atoms with E-state index in [4.69, 9.17) is 9.84 Å². The second-order valence-corrected chi connectivity index (χ2v) is 4.57. The van der Waals surface area contributed by atoms with Crippen LogP contribution in [-0.2, 0) is 18.3 Å². The van der Waals surface area contributed by atoms with Crippen LogP contribution >= 0.6 is 0 Å². The van der Waals surface area contributed by atoms with E-state index in [1.807, 2.05) is 0 Å². The molecule has 2 heterocycles. The van der Waals surface area contributed by atoms with Gasteiger partial charge in [0.25, 0.3) is 5.56 Å². The van der Waals surface area contributed by atoms with E-state index in [1.165, 1.54) is 4.57 Å². The van der Waals surface area contributed by atoms with Gasteiger partial charge in [0.05, 0.1) is 6.61 Å². The number of fused-ring (bicyclic) bond motifs is 1. The van der Waals surface area contributed by atoms with E-state index in [1.54, 1.807) is 18.7 Å². The first-order chi connectivity index (χ1) is 10.1. The molecule has 0 unspecified atom stereocenters. The Morgan fingerprint density at radius 1 is 1.43 bits per heavy atom. The monoisotopic (exact) mass is 297 g/mol. The average molecular weight is 297 g/mol. The zero-order valence-electron chi connectivity index (χ0n) is 12.0. The molecule has 0 saturated carbocycles. The van der Waals surface area contributed by atoms with Gasteiger partial charge in [-0.15, -0.1) is 0 Å². The van der Waals surface area contributed by atoms with Gasteiger partial charge >= 0.3 is 5.69 Å². The topological polar surface area (TPSA) is 114 Å². The molecule has 0 amide bonds. The number of aliphatic hydroxyl groups excluding tert-OH is 1. The van der Waals surface area contributed by atoms with Crippen LogP contribution in [0, 0.1) is 0 Å². The third-order valence-corrected chi connectivity index (χ3v) is 3.14. The van der Waals surface area contributed by atoms with E-state index in [9.17, 15) is 9.59 Å². The number of H-pyrrole nitrogens is 1. The summed E-state index contributed by atoms with van der Waals surface area (Å²) in [6.45, 7) is 1.16. The number of anilines is 1. The Morgan fingerprint density at radius 3 is 2.86 bits per heavy atom. The third kappa shape index (κ3) is 2.98. The zero-order chi connectivity index (χ0) is 15.4. The second-order valence-electron chi connectivity index (χ2n) is 4.57. The molecule has 0 aliphatic carbocycles. The maximum Gasteiger partial charge on any atom is 0.330 e. The Balaban J connectivity index is 2.52. The minimum atomic E-state index is -0.490. The van der Waals surface area contributed by atoms with Gasteiger partial charge in [0.2, 0.25) is 5.95 Å². The summed E-state index contributed by atoms with van der Waals surface area (Å²) in [6, 6.07) is 0. The molecule has 0 radical (unpaired) electrons. The van der Waals surface area contributed by atoms with Crippen LogP contribution in [0.3, 0.4) is 0 Å². The minimum Gasteiger partial charge on any atom is -0.395 e. The van der Waals surface area contributed by atoms with Crippen LogP contribution < -0.4 is 16.6 Å². The number of aliphatic hydroxyl groups is 1. The lowest BCUT2D eigenvalue weighted by atomic mass is 10.4. The molecule has 21 heavy (non-hydrogen) atoms. The van der Waals surface area contributed by atoms with Crippen LogP contribution in [0.25, 0.3) is 11.2 Å². The first kappa shape index (κ1) is 15.3. The molecule has 3 N–H and O–H groups in total. The molecule has 2 aromatic heterocycles. The second kappa shape index (κ2) is 6.55. The summed E-state index contributed by atoms with van der Waals surface area (Å²) in [5.74, 6) is 0.427. The SMILES string of the molecule is COCCCn1c(=O)[nH]c(=O)c2c1nc(NCCO)n2C. The van der Waals surface area contributed by atoms with Gasteiger partial charge in [-0.05, 0) is 6.42 Å². The van der Waals surface area contributed by atoms with Gasteiger partial charge in [-0.1, -0.05) is 0 Å². The number of methoxy groups -OCH3 is 1. The van der Waals surface area contributed by atoms with Crippen molar-refractivity contribution in [3.63, 3.8) is 0 Å². The summed E-state index contributed by atoms with van der Waals surface area (Å²) in [5, 5.41) is 11.8. The lowest BCUT2D eigenvalue weighted by Crippen LogP contribution is -2.31. The maximum absolute atomic E-state index is 12.0.